The third-order valence-electron chi connectivity index (χ3n) is 3.02. The molecule has 0 saturated heterocycles. The molecule has 0 spiro atoms. The topological polar surface area (TPSA) is 42.4 Å². The average Bonchev–Trinajstić information content (AvgIpc) is 2.50. The summed E-state index contributed by atoms with van der Waals surface area (Å²) in [6.45, 7) is -3.55. The maximum absolute atomic E-state index is 13.6. The van der Waals surface area contributed by atoms with Crippen LogP contribution >= 0.6 is 0 Å². The van der Waals surface area contributed by atoms with Crippen LogP contribution in [0.3, 0.4) is 0 Å². The Morgan fingerprint density at radius 3 is 2.54 bits per heavy atom. The van der Waals surface area contributed by atoms with Crippen LogP contribution in [0.5, 0.6) is 5.88 Å². The minimum Gasteiger partial charge on any atom is -0.416 e. The molecule has 0 bridgehead atoms. The van der Waals surface area contributed by atoms with Crippen molar-refractivity contribution in [1.29, 1.82) is 0 Å². The minimum atomic E-state index is -3.26. The van der Waals surface area contributed by atoms with Crippen LogP contribution in [0.4, 0.5) is 22.0 Å². The Kier molecular flexibility index (Phi) is 5.32. The van der Waals surface area contributed by atoms with Crippen LogP contribution in [-0.4, -0.2) is 29.5 Å². The van der Waals surface area contributed by atoms with Crippen LogP contribution in [0.2, 0.25) is 0 Å². The molecule has 1 aromatic carbocycles. The summed E-state index contributed by atoms with van der Waals surface area (Å²) in [6, 6.07) is 3.47. The first-order chi connectivity index (χ1) is 11.3. The number of hydrogen-bond donors (Lipinski definition) is 0. The number of rotatable bonds is 5. The van der Waals surface area contributed by atoms with E-state index in [2.05, 4.69) is 9.72 Å². The molecule has 0 unspecified atom stereocenters. The number of pyridine rings is 1. The molecule has 0 saturated carbocycles. The van der Waals surface area contributed by atoms with Gasteiger partial charge < -0.3 is 9.64 Å². The van der Waals surface area contributed by atoms with Crippen LogP contribution in [-0.2, 0) is 6.54 Å². The Morgan fingerprint density at radius 2 is 1.92 bits per heavy atom. The standard InChI is InChI=1S/C15H11F5N2O2/c1-22(7-8-2-3-9(16)5-12(8)18)14(23)11-4-10(17)6-21-13(11)24-15(19)20/h2-6,15H,7H2,1H3. The van der Waals surface area contributed by atoms with Gasteiger partial charge in [-0.15, -0.1) is 0 Å². The fourth-order valence-corrected chi connectivity index (χ4v) is 1.94. The molecule has 2 aromatic rings. The first-order valence-corrected chi connectivity index (χ1v) is 6.57. The van der Waals surface area contributed by atoms with E-state index in [1.165, 1.54) is 7.05 Å². The van der Waals surface area contributed by atoms with Crippen LogP contribution in [0.1, 0.15) is 15.9 Å². The highest BCUT2D eigenvalue weighted by molar-refractivity contribution is 5.96. The van der Waals surface area contributed by atoms with E-state index in [9.17, 15) is 26.7 Å². The molecule has 1 aromatic heterocycles. The highest BCUT2D eigenvalue weighted by atomic mass is 19.3. The second-order valence-electron chi connectivity index (χ2n) is 4.78. The number of halogens is 5. The summed E-state index contributed by atoms with van der Waals surface area (Å²) in [4.78, 5) is 16.5. The number of carbonyl (C=O) groups is 1. The van der Waals surface area contributed by atoms with Crippen molar-refractivity contribution in [3.05, 3.63) is 59.0 Å². The lowest BCUT2D eigenvalue weighted by Gasteiger charge is -2.19. The van der Waals surface area contributed by atoms with Gasteiger partial charge in [-0.25, -0.2) is 18.2 Å². The van der Waals surface area contributed by atoms with Crippen molar-refractivity contribution in [1.82, 2.24) is 9.88 Å². The predicted molar refractivity (Wildman–Crippen MR) is 73.0 cm³/mol. The van der Waals surface area contributed by atoms with Crippen molar-refractivity contribution in [3.8, 4) is 5.88 Å². The molecular formula is C15H11F5N2O2. The van der Waals surface area contributed by atoms with Gasteiger partial charge in [0.2, 0.25) is 5.88 Å². The Balaban J connectivity index is 2.25. The zero-order valence-corrected chi connectivity index (χ0v) is 12.3. The molecule has 1 amide bonds. The number of amides is 1. The molecule has 0 aliphatic rings. The van der Waals surface area contributed by atoms with E-state index in [1.807, 2.05) is 0 Å². The van der Waals surface area contributed by atoms with E-state index in [0.717, 1.165) is 17.0 Å². The van der Waals surface area contributed by atoms with Gasteiger partial charge in [0, 0.05) is 25.2 Å². The molecule has 0 aliphatic heterocycles. The fraction of sp³-hybridized carbons (Fsp3) is 0.200. The number of carbonyl (C=O) groups excluding carboxylic acids is 1. The Hall–Kier alpha value is -2.71. The first kappa shape index (κ1) is 17.6. The summed E-state index contributed by atoms with van der Waals surface area (Å²) in [5.74, 6) is -4.26. The molecule has 128 valence electrons. The van der Waals surface area contributed by atoms with Gasteiger partial charge in [0.1, 0.15) is 23.0 Å². The van der Waals surface area contributed by atoms with Gasteiger partial charge in [-0.2, -0.15) is 8.78 Å². The fourth-order valence-electron chi connectivity index (χ4n) is 1.94. The van der Waals surface area contributed by atoms with Crippen molar-refractivity contribution >= 4 is 5.91 Å². The first-order valence-electron chi connectivity index (χ1n) is 6.57. The van der Waals surface area contributed by atoms with Crippen LogP contribution in [0.25, 0.3) is 0 Å². The van der Waals surface area contributed by atoms with Crippen molar-refractivity contribution in [2.24, 2.45) is 0 Å². The largest absolute Gasteiger partial charge is 0.416 e. The summed E-state index contributed by atoms with van der Waals surface area (Å²) in [7, 11) is 1.24. The number of aromatic nitrogens is 1. The maximum atomic E-state index is 13.6. The van der Waals surface area contributed by atoms with Gasteiger partial charge in [-0.1, -0.05) is 6.07 Å². The molecule has 0 radical (unpaired) electrons. The third kappa shape index (κ3) is 4.18. The molecule has 24 heavy (non-hydrogen) atoms. The van der Waals surface area contributed by atoms with E-state index in [1.54, 1.807) is 0 Å². The van der Waals surface area contributed by atoms with Crippen molar-refractivity contribution < 1.29 is 31.5 Å². The molecule has 9 heteroatoms. The van der Waals surface area contributed by atoms with E-state index >= 15 is 0 Å². The van der Waals surface area contributed by atoms with Crippen LogP contribution in [0, 0.1) is 17.5 Å². The number of alkyl halides is 2. The van der Waals surface area contributed by atoms with Gasteiger partial charge in [0.25, 0.3) is 5.91 Å². The van der Waals surface area contributed by atoms with Gasteiger partial charge in [-0.05, 0) is 12.1 Å². The highest BCUT2D eigenvalue weighted by Crippen LogP contribution is 2.21. The lowest BCUT2D eigenvalue weighted by atomic mass is 10.1. The lowest BCUT2D eigenvalue weighted by molar-refractivity contribution is -0.0533. The number of hydrogen-bond acceptors (Lipinski definition) is 3. The van der Waals surface area contributed by atoms with Crippen molar-refractivity contribution in [2.45, 2.75) is 13.2 Å². The zero-order valence-electron chi connectivity index (χ0n) is 12.3. The summed E-state index contributed by atoms with van der Waals surface area (Å²) in [6.07, 6.45) is 0.619. The van der Waals surface area contributed by atoms with E-state index in [4.69, 9.17) is 0 Å². The van der Waals surface area contributed by atoms with E-state index < -0.39 is 41.4 Å². The normalized spacial score (nSPS) is 10.8. The Morgan fingerprint density at radius 1 is 1.21 bits per heavy atom. The molecule has 0 fully saturated rings. The Labute approximate surface area is 133 Å². The quantitative estimate of drug-likeness (QED) is 0.780. The highest BCUT2D eigenvalue weighted by Gasteiger charge is 2.22. The van der Waals surface area contributed by atoms with Gasteiger partial charge in [0.05, 0.1) is 6.20 Å². The van der Waals surface area contributed by atoms with E-state index in [0.29, 0.717) is 18.3 Å². The second-order valence-corrected chi connectivity index (χ2v) is 4.78. The minimum absolute atomic E-state index is 0.00654. The SMILES string of the molecule is CN(Cc1ccc(F)cc1F)C(=O)c1cc(F)cnc1OC(F)F. The third-order valence-corrected chi connectivity index (χ3v) is 3.02. The summed E-state index contributed by atoms with van der Waals surface area (Å²) in [5.41, 5.74) is -0.548. The number of ether oxygens (including phenoxy) is 1. The van der Waals surface area contributed by atoms with Crippen LogP contribution < -0.4 is 4.74 Å². The summed E-state index contributed by atoms with van der Waals surface area (Å²) < 4.78 is 68.5. The van der Waals surface area contributed by atoms with Gasteiger partial charge in [0.15, 0.2) is 0 Å². The second kappa shape index (κ2) is 7.24. The Bertz CT molecular complexity index is 755. The molecule has 0 aliphatic carbocycles. The zero-order chi connectivity index (χ0) is 17.9. The maximum Gasteiger partial charge on any atom is 0.388 e. The van der Waals surface area contributed by atoms with Crippen LogP contribution in [0.15, 0.2) is 30.5 Å². The number of nitrogens with zero attached hydrogens (tertiary/aromatic N) is 2. The van der Waals surface area contributed by atoms with Crippen molar-refractivity contribution in [3.63, 3.8) is 0 Å². The monoisotopic (exact) mass is 346 g/mol. The predicted octanol–water partition coefficient (Wildman–Crippen LogP) is 3.37. The lowest BCUT2D eigenvalue weighted by Crippen LogP contribution is -2.28. The van der Waals surface area contributed by atoms with Gasteiger partial charge >= 0.3 is 6.61 Å². The van der Waals surface area contributed by atoms with Crippen molar-refractivity contribution in [2.75, 3.05) is 7.05 Å². The molecule has 0 atom stereocenters. The molecule has 4 nitrogen and oxygen atoms in total. The molecule has 0 N–H and O–H groups in total. The smallest absolute Gasteiger partial charge is 0.388 e. The average molecular weight is 346 g/mol. The van der Waals surface area contributed by atoms with Gasteiger partial charge in [-0.3, -0.25) is 4.79 Å². The summed E-state index contributed by atoms with van der Waals surface area (Å²) >= 11 is 0. The molecular weight excluding hydrogens is 335 g/mol. The molecule has 1 heterocycles. The van der Waals surface area contributed by atoms with E-state index in [-0.39, 0.29) is 12.1 Å². The summed E-state index contributed by atoms with van der Waals surface area (Å²) in [5, 5.41) is 0. The number of benzene rings is 1. The molecule has 2 rings (SSSR count).